The lowest BCUT2D eigenvalue weighted by Gasteiger charge is -2.47. The van der Waals surface area contributed by atoms with E-state index in [-0.39, 0.29) is 0 Å². The molecule has 1 rings (SSSR count). The third-order valence-electron chi connectivity index (χ3n) is 4.16. The smallest absolute Gasteiger partial charge is 0.0138 e. The highest BCUT2D eigenvalue weighted by Crippen LogP contribution is 2.33. The Kier molecular flexibility index (Phi) is 6.37. The molecule has 0 aromatic carbocycles. The maximum atomic E-state index is 3.58. The van der Waals surface area contributed by atoms with Gasteiger partial charge in [0.2, 0.25) is 0 Å². The summed E-state index contributed by atoms with van der Waals surface area (Å²) < 4.78 is 0. The van der Waals surface area contributed by atoms with Crippen LogP contribution in [0.15, 0.2) is 0 Å². The quantitative estimate of drug-likeness (QED) is 0.640. The van der Waals surface area contributed by atoms with E-state index in [0.717, 1.165) is 18.0 Å². The topological polar surface area (TPSA) is 15.3 Å². The zero-order valence-electron chi connectivity index (χ0n) is 11.6. The summed E-state index contributed by atoms with van der Waals surface area (Å²) in [4.78, 5) is 2.71. The second kappa shape index (κ2) is 7.29. The molecular formula is C14H30N2. The SMILES string of the molecule is CCCNCC1CCC1N(CC)C(C)CC. The average molecular weight is 226 g/mol. The van der Waals surface area contributed by atoms with E-state index in [9.17, 15) is 0 Å². The van der Waals surface area contributed by atoms with Crippen LogP contribution in [-0.4, -0.2) is 36.6 Å². The maximum absolute atomic E-state index is 3.58. The highest BCUT2D eigenvalue weighted by molar-refractivity contribution is 4.91. The highest BCUT2D eigenvalue weighted by Gasteiger charge is 2.35. The van der Waals surface area contributed by atoms with Crippen LogP contribution in [0.1, 0.15) is 53.4 Å². The van der Waals surface area contributed by atoms with Crippen LogP contribution >= 0.6 is 0 Å². The second-order valence-corrected chi connectivity index (χ2v) is 5.20. The van der Waals surface area contributed by atoms with Gasteiger partial charge < -0.3 is 5.32 Å². The summed E-state index contributed by atoms with van der Waals surface area (Å²) in [5, 5.41) is 3.58. The van der Waals surface area contributed by atoms with Gasteiger partial charge in [-0.25, -0.2) is 0 Å². The van der Waals surface area contributed by atoms with Gasteiger partial charge >= 0.3 is 0 Å². The Morgan fingerprint density at radius 1 is 1.25 bits per heavy atom. The molecule has 0 bridgehead atoms. The molecule has 0 spiro atoms. The second-order valence-electron chi connectivity index (χ2n) is 5.20. The van der Waals surface area contributed by atoms with E-state index in [2.05, 4.69) is 37.9 Å². The standard InChI is InChI=1S/C14H30N2/c1-5-10-15-11-13-8-9-14(13)16(7-3)12(4)6-2/h12-15H,5-11H2,1-4H3. The van der Waals surface area contributed by atoms with Crippen molar-refractivity contribution in [3.8, 4) is 0 Å². The van der Waals surface area contributed by atoms with E-state index in [1.165, 1.54) is 45.3 Å². The minimum atomic E-state index is 0.754. The van der Waals surface area contributed by atoms with E-state index in [0.29, 0.717) is 0 Å². The van der Waals surface area contributed by atoms with E-state index < -0.39 is 0 Å². The molecule has 0 amide bonds. The molecule has 2 heteroatoms. The third kappa shape index (κ3) is 3.46. The average Bonchev–Trinajstić information content (AvgIpc) is 2.28. The molecule has 0 aliphatic heterocycles. The Bertz CT molecular complexity index is 182. The monoisotopic (exact) mass is 226 g/mol. The van der Waals surface area contributed by atoms with Crippen LogP contribution in [0.5, 0.6) is 0 Å². The Morgan fingerprint density at radius 2 is 2.00 bits per heavy atom. The molecule has 1 aliphatic carbocycles. The summed E-state index contributed by atoms with van der Waals surface area (Å²) in [6.45, 7) is 12.8. The molecule has 1 aliphatic rings. The van der Waals surface area contributed by atoms with Crippen LogP contribution in [-0.2, 0) is 0 Å². The summed E-state index contributed by atoms with van der Waals surface area (Å²) in [5.74, 6) is 0.903. The van der Waals surface area contributed by atoms with Crippen molar-refractivity contribution in [3.05, 3.63) is 0 Å². The molecule has 3 unspecified atom stereocenters. The molecular weight excluding hydrogens is 196 g/mol. The van der Waals surface area contributed by atoms with Crippen molar-refractivity contribution in [1.82, 2.24) is 10.2 Å². The predicted molar refractivity (Wildman–Crippen MR) is 71.8 cm³/mol. The van der Waals surface area contributed by atoms with Crippen molar-refractivity contribution in [2.24, 2.45) is 5.92 Å². The molecule has 0 radical (unpaired) electrons. The lowest BCUT2D eigenvalue weighted by atomic mass is 9.77. The Morgan fingerprint density at radius 3 is 2.44 bits per heavy atom. The lowest BCUT2D eigenvalue weighted by molar-refractivity contribution is 0.0357. The molecule has 0 saturated heterocycles. The van der Waals surface area contributed by atoms with Crippen molar-refractivity contribution in [3.63, 3.8) is 0 Å². The summed E-state index contributed by atoms with van der Waals surface area (Å²) >= 11 is 0. The number of rotatable bonds is 8. The number of hydrogen-bond donors (Lipinski definition) is 1. The van der Waals surface area contributed by atoms with Crippen LogP contribution < -0.4 is 5.32 Å². The number of nitrogens with one attached hydrogen (secondary N) is 1. The molecule has 0 heterocycles. The highest BCUT2D eigenvalue weighted by atomic mass is 15.2. The van der Waals surface area contributed by atoms with Gasteiger partial charge in [0.15, 0.2) is 0 Å². The van der Waals surface area contributed by atoms with Gasteiger partial charge in [0.25, 0.3) is 0 Å². The Balaban J connectivity index is 2.34. The minimum Gasteiger partial charge on any atom is -0.316 e. The van der Waals surface area contributed by atoms with Crippen molar-refractivity contribution < 1.29 is 0 Å². The maximum Gasteiger partial charge on any atom is 0.0138 e. The lowest BCUT2D eigenvalue weighted by Crippen LogP contribution is -2.53. The molecule has 3 atom stereocenters. The van der Waals surface area contributed by atoms with Crippen molar-refractivity contribution in [2.45, 2.75) is 65.5 Å². The van der Waals surface area contributed by atoms with Crippen LogP contribution in [0, 0.1) is 5.92 Å². The van der Waals surface area contributed by atoms with Gasteiger partial charge in [0.05, 0.1) is 0 Å². The van der Waals surface area contributed by atoms with Crippen molar-refractivity contribution in [1.29, 1.82) is 0 Å². The van der Waals surface area contributed by atoms with Crippen LogP contribution in [0.3, 0.4) is 0 Å². The fourth-order valence-electron chi connectivity index (χ4n) is 2.80. The van der Waals surface area contributed by atoms with Crippen LogP contribution in [0.25, 0.3) is 0 Å². The molecule has 0 aromatic heterocycles. The fraction of sp³-hybridized carbons (Fsp3) is 1.00. The summed E-state index contributed by atoms with van der Waals surface area (Å²) in [6, 6.07) is 1.60. The van der Waals surface area contributed by atoms with Crippen LogP contribution in [0.2, 0.25) is 0 Å². The molecule has 0 aromatic rings. The number of nitrogens with zero attached hydrogens (tertiary/aromatic N) is 1. The van der Waals surface area contributed by atoms with Crippen molar-refractivity contribution >= 4 is 0 Å². The van der Waals surface area contributed by atoms with E-state index >= 15 is 0 Å². The number of hydrogen-bond acceptors (Lipinski definition) is 2. The molecule has 2 nitrogen and oxygen atoms in total. The molecule has 16 heavy (non-hydrogen) atoms. The summed E-state index contributed by atoms with van der Waals surface area (Å²) in [7, 11) is 0. The third-order valence-corrected chi connectivity index (χ3v) is 4.16. The molecule has 1 fully saturated rings. The Labute approximate surface area is 102 Å². The first-order chi connectivity index (χ1) is 7.74. The van der Waals surface area contributed by atoms with Gasteiger partial charge in [-0.1, -0.05) is 20.8 Å². The summed E-state index contributed by atoms with van der Waals surface area (Å²) in [5.41, 5.74) is 0. The van der Waals surface area contributed by atoms with E-state index in [1.54, 1.807) is 0 Å². The van der Waals surface area contributed by atoms with Gasteiger partial charge in [0.1, 0.15) is 0 Å². The first-order valence-electron chi connectivity index (χ1n) is 7.20. The largest absolute Gasteiger partial charge is 0.316 e. The van der Waals surface area contributed by atoms with E-state index in [4.69, 9.17) is 0 Å². The van der Waals surface area contributed by atoms with Gasteiger partial charge in [-0.3, -0.25) is 4.90 Å². The van der Waals surface area contributed by atoms with Gasteiger partial charge in [0, 0.05) is 12.1 Å². The van der Waals surface area contributed by atoms with Crippen molar-refractivity contribution in [2.75, 3.05) is 19.6 Å². The summed E-state index contributed by atoms with van der Waals surface area (Å²) in [6.07, 6.45) is 5.37. The molecule has 1 N–H and O–H groups in total. The molecule has 96 valence electrons. The van der Waals surface area contributed by atoms with E-state index in [1.807, 2.05) is 0 Å². The predicted octanol–water partition coefficient (Wildman–Crippen LogP) is 2.89. The van der Waals surface area contributed by atoms with Crippen LogP contribution in [0.4, 0.5) is 0 Å². The normalized spacial score (nSPS) is 26.8. The fourth-order valence-corrected chi connectivity index (χ4v) is 2.80. The molecule has 1 saturated carbocycles. The minimum absolute atomic E-state index is 0.754. The first kappa shape index (κ1) is 14.0. The van der Waals surface area contributed by atoms with Gasteiger partial charge in [-0.15, -0.1) is 0 Å². The van der Waals surface area contributed by atoms with Gasteiger partial charge in [-0.05, 0) is 58.2 Å². The zero-order chi connectivity index (χ0) is 12.0. The Hall–Kier alpha value is -0.0800. The zero-order valence-corrected chi connectivity index (χ0v) is 11.6. The first-order valence-corrected chi connectivity index (χ1v) is 7.20. The van der Waals surface area contributed by atoms with Gasteiger partial charge in [-0.2, -0.15) is 0 Å².